The van der Waals surface area contributed by atoms with Crippen molar-refractivity contribution in [1.29, 1.82) is 0 Å². The van der Waals surface area contributed by atoms with E-state index < -0.39 is 0 Å². The van der Waals surface area contributed by atoms with Crippen LogP contribution in [0.3, 0.4) is 0 Å². The minimum Gasteiger partial charge on any atom is -0.463 e. The van der Waals surface area contributed by atoms with Gasteiger partial charge in [0.15, 0.2) is 0 Å². The van der Waals surface area contributed by atoms with Crippen LogP contribution in [0.5, 0.6) is 0 Å². The SMILES string of the molecule is CCCC1(C2CCC3C(C2)C(C(C)C)=CCC3(C)C)CC1/C=C/C(C)=C/C(=O)OCC. The van der Waals surface area contributed by atoms with Gasteiger partial charge in [-0.2, -0.15) is 0 Å². The lowest BCUT2D eigenvalue weighted by atomic mass is 9.54. The maximum absolute atomic E-state index is 11.7. The summed E-state index contributed by atoms with van der Waals surface area (Å²) in [7, 11) is 0. The van der Waals surface area contributed by atoms with E-state index in [0.29, 0.717) is 29.3 Å². The van der Waals surface area contributed by atoms with E-state index in [1.807, 2.05) is 13.8 Å². The molecule has 0 aromatic carbocycles. The monoisotopic (exact) mass is 426 g/mol. The lowest BCUT2D eigenvalue weighted by molar-refractivity contribution is -0.137. The average Bonchev–Trinajstić information content (AvgIpc) is 3.40. The number of carbonyl (C=O) groups excluding carboxylic acids is 1. The summed E-state index contributed by atoms with van der Waals surface area (Å²) in [6.45, 7) is 16.4. The highest BCUT2D eigenvalue weighted by Crippen LogP contribution is 2.67. The Labute approximate surface area is 191 Å². The van der Waals surface area contributed by atoms with E-state index >= 15 is 0 Å². The van der Waals surface area contributed by atoms with E-state index in [1.54, 1.807) is 11.6 Å². The fourth-order valence-corrected chi connectivity index (χ4v) is 7.07. The van der Waals surface area contributed by atoms with Crippen molar-refractivity contribution in [3.63, 3.8) is 0 Å². The van der Waals surface area contributed by atoms with E-state index in [2.05, 4.69) is 52.8 Å². The Hall–Kier alpha value is -1.31. The van der Waals surface area contributed by atoms with Gasteiger partial charge in [-0.05, 0) is 98.4 Å². The second-order valence-corrected chi connectivity index (χ2v) is 11.6. The predicted octanol–water partition coefficient (Wildman–Crippen LogP) is 7.90. The Balaban J connectivity index is 1.74. The first kappa shape index (κ1) is 24.3. The quantitative estimate of drug-likeness (QED) is 0.171. The Morgan fingerprint density at radius 3 is 2.65 bits per heavy atom. The van der Waals surface area contributed by atoms with E-state index in [1.165, 1.54) is 44.9 Å². The van der Waals surface area contributed by atoms with Gasteiger partial charge in [0.05, 0.1) is 6.61 Å². The highest BCUT2D eigenvalue weighted by atomic mass is 16.5. The molecule has 3 aliphatic rings. The zero-order chi connectivity index (χ0) is 22.8. The van der Waals surface area contributed by atoms with Crippen molar-refractivity contribution in [2.24, 2.45) is 40.4 Å². The first-order valence-corrected chi connectivity index (χ1v) is 12.9. The average molecular weight is 427 g/mol. The highest BCUT2D eigenvalue weighted by Gasteiger charge is 2.58. The fourth-order valence-electron chi connectivity index (χ4n) is 7.07. The number of ether oxygens (including phenoxy) is 1. The van der Waals surface area contributed by atoms with Gasteiger partial charge in [-0.15, -0.1) is 0 Å². The van der Waals surface area contributed by atoms with Crippen molar-refractivity contribution in [1.82, 2.24) is 0 Å². The molecular formula is C29H46O2. The number of hydrogen-bond acceptors (Lipinski definition) is 2. The molecule has 2 nitrogen and oxygen atoms in total. The standard InChI is InChI=1S/C29H46O2/c1-8-15-29(19-23(29)11-10-21(5)17-27(30)31-9-2)22-12-13-26-25(18-22)24(20(3)4)14-16-28(26,6)7/h10-11,14,17,20,22-23,25-26H,8-9,12-13,15-16,18-19H2,1-7H3/b11-10+,21-17+. The molecule has 0 saturated heterocycles. The molecule has 0 heterocycles. The summed E-state index contributed by atoms with van der Waals surface area (Å²) in [5.41, 5.74) is 3.69. The molecule has 2 heteroatoms. The number of allylic oxidation sites excluding steroid dienone is 5. The van der Waals surface area contributed by atoms with Crippen LogP contribution in [0.2, 0.25) is 0 Å². The van der Waals surface area contributed by atoms with Crippen LogP contribution in [-0.4, -0.2) is 12.6 Å². The molecule has 0 amide bonds. The van der Waals surface area contributed by atoms with E-state index in [4.69, 9.17) is 4.74 Å². The van der Waals surface area contributed by atoms with Gasteiger partial charge in [0.1, 0.15) is 0 Å². The Kier molecular flexibility index (Phi) is 7.59. The molecule has 0 bridgehead atoms. The summed E-state index contributed by atoms with van der Waals surface area (Å²) in [6, 6.07) is 0. The molecule has 0 spiro atoms. The molecule has 3 rings (SSSR count). The first-order valence-electron chi connectivity index (χ1n) is 12.9. The summed E-state index contributed by atoms with van der Waals surface area (Å²) in [5, 5.41) is 0. The summed E-state index contributed by atoms with van der Waals surface area (Å²) in [5.74, 6) is 3.59. The van der Waals surface area contributed by atoms with Crippen LogP contribution in [-0.2, 0) is 9.53 Å². The van der Waals surface area contributed by atoms with Gasteiger partial charge in [-0.3, -0.25) is 0 Å². The Morgan fingerprint density at radius 1 is 1.26 bits per heavy atom. The normalized spacial score (nSPS) is 35.1. The summed E-state index contributed by atoms with van der Waals surface area (Å²) in [4.78, 5) is 11.7. The van der Waals surface area contributed by atoms with Crippen molar-refractivity contribution in [2.75, 3.05) is 6.61 Å². The van der Waals surface area contributed by atoms with E-state index in [9.17, 15) is 4.79 Å². The van der Waals surface area contributed by atoms with Crippen LogP contribution < -0.4 is 0 Å². The predicted molar refractivity (Wildman–Crippen MR) is 131 cm³/mol. The van der Waals surface area contributed by atoms with Crippen LogP contribution in [0, 0.1) is 40.4 Å². The molecule has 0 aliphatic heterocycles. The third-order valence-corrected chi connectivity index (χ3v) is 8.74. The minimum absolute atomic E-state index is 0.230. The third-order valence-electron chi connectivity index (χ3n) is 8.74. The summed E-state index contributed by atoms with van der Waals surface area (Å²) < 4.78 is 5.05. The van der Waals surface area contributed by atoms with Crippen LogP contribution in [0.15, 0.2) is 35.5 Å². The number of esters is 1. The number of fused-ring (bicyclic) bond motifs is 1. The van der Waals surface area contributed by atoms with Crippen LogP contribution in [0.4, 0.5) is 0 Å². The molecule has 5 atom stereocenters. The number of carbonyl (C=O) groups is 1. The van der Waals surface area contributed by atoms with Gasteiger partial charge in [-0.25, -0.2) is 4.79 Å². The second kappa shape index (κ2) is 9.67. The van der Waals surface area contributed by atoms with Crippen molar-refractivity contribution < 1.29 is 9.53 Å². The lowest BCUT2D eigenvalue weighted by Crippen LogP contribution is -2.41. The zero-order valence-electron chi connectivity index (χ0n) is 21.2. The maximum Gasteiger partial charge on any atom is 0.330 e. The minimum atomic E-state index is -0.230. The molecule has 3 aliphatic carbocycles. The van der Waals surface area contributed by atoms with Gasteiger partial charge in [0.25, 0.3) is 0 Å². The fraction of sp³-hybridized carbons (Fsp3) is 0.759. The topological polar surface area (TPSA) is 26.3 Å². The van der Waals surface area contributed by atoms with Gasteiger partial charge in [-0.1, -0.05) is 64.8 Å². The molecule has 2 fully saturated rings. The van der Waals surface area contributed by atoms with Crippen LogP contribution in [0.1, 0.15) is 93.4 Å². The van der Waals surface area contributed by atoms with Crippen molar-refractivity contribution in [2.45, 2.75) is 93.4 Å². The molecule has 31 heavy (non-hydrogen) atoms. The molecule has 174 valence electrons. The first-order chi connectivity index (χ1) is 14.6. The molecular weight excluding hydrogens is 380 g/mol. The number of hydrogen-bond donors (Lipinski definition) is 0. The smallest absolute Gasteiger partial charge is 0.330 e. The van der Waals surface area contributed by atoms with Crippen molar-refractivity contribution >= 4 is 5.97 Å². The van der Waals surface area contributed by atoms with Crippen LogP contribution in [0.25, 0.3) is 0 Å². The molecule has 0 radical (unpaired) electrons. The molecule has 0 aromatic rings. The summed E-state index contributed by atoms with van der Waals surface area (Å²) >= 11 is 0. The van der Waals surface area contributed by atoms with Crippen molar-refractivity contribution in [3.05, 3.63) is 35.5 Å². The second-order valence-electron chi connectivity index (χ2n) is 11.6. The van der Waals surface area contributed by atoms with Gasteiger partial charge >= 0.3 is 5.97 Å². The van der Waals surface area contributed by atoms with Crippen LogP contribution >= 0.6 is 0 Å². The largest absolute Gasteiger partial charge is 0.463 e. The lowest BCUT2D eigenvalue weighted by Gasteiger charge is -2.51. The third kappa shape index (κ3) is 5.20. The zero-order valence-corrected chi connectivity index (χ0v) is 21.2. The van der Waals surface area contributed by atoms with Crippen molar-refractivity contribution in [3.8, 4) is 0 Å². The maximum atomic E-state index is 11.7. The Bertz CT molecular complexity index is 738. The van der Waals surface area contributed by atoms with Gasteiger partial charge in [0, 0.05) is 6.08 Å². The molecule has 5 unspecified atom stereocenters. The van der Waals surface area contributed by atoms with Gasteiger partial charge in [0.2, 0.25) is 0 Å². The molecule has 0 N–H and O–H groups in total. The van der Waals surface area contributed by atoms with E-state index in [-0.39, 0.29) is 5.97 Å². The number of rotatable bonds is 8. The Morgan fingerprint density at radius 2 is 2.00 bits per heavy atom. The highest BCUT2D eigenvalue weighted by molar-refractivity contribution is 5.83. The molecule has 0 aromatic heterocycles. The van der Waals surface area contributed by atoms with E-state index in [0.717, 1.165) is 23.3 Å². The molecule has 2 saturated carbocycles. The summed E-state index contributed by atoms with van der Waals surface area (Å²) in [6.07, 6.45) is 18.2. The van der Waals surface area contributed by atoms with Gasteiger partial charge < -0.3 is 4.74 Å².